The van der Waals surface area contributed by atoms with E-state index < -0.39 is 12.0 Å². The first-order valence-electron chi connectivity index (χ1n) is 4.63. The smallest absolute Gasteiger partial charge is 0.318 e. The normalized spacial score (nSPS) is 11.8. The van der Waals surface area contributed by atoms with Crippen molar-refractivity contribution in [1.29, 1.82) is 0 Å². The molecule has 0 N–H and O–H groups in total. The van der Waals surface area contributed by atoms with Crippen LogP contribution in [-0.4, -0.2) is 19.1 Å². The molecule has 0 aliphatic heterocycles. The van der Waals surface area contributed by atoms with Gasteiger partial charge >= 0.3 is 5.97 Å². The van der Waals surface area contributed by atoms with Crippen molar-refractivity contribution >= 4 is 12.0 Å². The molecule has 5 heteroatoms. The summed E-state index contributed by atoms with van der Waals surface area (Å²) in [6, 6.07) is 8.47. The number of nitrogens with zero attached hydrogens (tertiary/aromatic N) is 3. The van der Waals surface area contributed by atoms with Crippen LogP contribution >= 0.6 is 0 Å². The van der Waals surface area contributed by atoms with Gasteiger partial charge in [0, 0.05) is 4.91 Å². The highest BCUT2D eigenvalue weighted by Gasteiger charge is 2.12. The Labute approximate surface area is 93.0 Å². The van der Waals surface area contributed by atoms with Crippen LogP contribution in [-0.2, 0) is 9.53 Å². The molecule has 0 amide bonds. The fourth-order valence-corrected chi connectivity index (χ4v) is 1.11. The van der Waals surface area contributed by atoms with Crippen LogP contribution in [0.2, 0.25) is 0 Å². The number of hydrogen-bond acceptors (Lipinski definition) is 3. The first-order chi connectivity index (χ1) is 7.77. The molecule has 0 spiro atoms. The highest BCUT2D eigenvalue weighted by molar-refractivity contribution is 5.79. The number of esters is 1. The molecule has 0 saturated heterocycles. The van der Waals surface area contributed by atoms with E-state index in [1.807, 2.05) is 30.3 Å². The van der Waals surface area contributed by atoms with E-state index in [4.69, 9.17) is 5.53 Å². The standard InChI is InChI=1S/C11H11N3O2/c1-16-11(15)10(13-14-12)8-7-9-5-3-2-4-6-9/h2-8,10H,1H3/b8-7+. The topological polar surface area (TPSA) is 75.1 Å². The van der Waals surface area contributed by atoms with Crippen molar-refractivity contribution in [2.75, 3.05) is 7.11 Å². The molecule has 0 aliphatic rings. The van der Waals surface area contributed by atoms with E-state index in [9.17, 15) is 4.79 Å². The average molecular weight is 217 g/mol. The van der Waals surface area contributed by atoms with Crippen molar-refractivity contribution in [1.82, 2.24) is 0 Å². The molecule has 0 radical (unpaired) electrons. The molecular formula is C11H11N3O2. The van der Waals surface area contributed by atoms with Crippen molar-refractivity contribution in [3.05, 3.63) is 52.4 Å². The fourth-order valence-electron chi connectivity index (χ4n) is 1.11. The molecule has 0 saturated carbocycles. The molecular weight excluding hydrogens is 206 g/mol. The SMILES string of the molecule is COC(=O)C(/C=C/c1ccccc1)N=[N+]=[N-]. The first-order valence-corrected chi connectivity index (χ1v) is 4.63. The van der Waals surface area contributed by atoms with Gasteiger partial charge in [0.05, 0.1) is 7.11 Å². The summed E-state index contributed by atoms with van der Waals surface area (Å²) in [6.45, 7) is 0. The van der Waals surface area contributed by atoms with Gasteiger partial charge in [-0.2, -0.15) is 0 Å². The van der Waals surface area contributed by atoms with Gasteiger partial charge in [0.1, 0.15) is 0 Å². The van der Waals surface area contributed by atoms with Crippen molar-refractivity contribution in [2.24, 2.45) is 5.11 Å². The first kappa shape index (κ1) is 11.8. The Kier molecular flexibility index (Phi) is 4.63. The van der Waals surface area contributed by atoms with E-state index in [0.717, 1.165) is 5.56 Å². The van der Waals surface area contributed by atoms with Crippen molar-refractivity contribution in [2.45, 2.75) is 6.04 Å². The fraction of sp³-hybridized carbons (Fsp3) is 0.182. The van der Waals surface area contributed by atoms with Gasteiger partial charge in [-0.1, -0.05) is 47.6 Å². The average Bonchev–Trinajstić information content (AvgIpc) is 2.34. The molecule has 1 unspecified atom stereocenters. The van der Waals surface area contributed by atoms with Gasteiger partial charge in [-0.3, -0.25) is 4.79 Å². The number of rotatable bonds is 4. The maximum absolute atomic E-state index is 11.2. The van der Waals surface area contributed by atoms with E-state index in [1.165, 1.54) is 13.2 Å². The van der Waals surface area contributed by atoms with Gasteiger partial charge < -0.3 is 4.74 Å². The Hall–Kier alpha value is -2.26. The van der Waals surface area contributed by atoms with Crippen LogP contribution in [0, 0.1) is 0 Å². The number of ether oxygens (including phenoxy) is 1. The number of hydrogen-bond donors (Lipinski definition) is 0. The zero-order valence-electron chi connectivity index (χ0n) is 8.78. The van der Waals surface area contributed by atoms with Gasteiger partial charge in [-0.25, -0.2) is 0 Å². The molecule has 0 bridgehead atoms. The molecule has 0 aliphatic carbocycles. The van der Waals surface area contributed by atoms with Crippen molar-refractivity contribution in [3.63, 3.8) is 0 Å². The summed E-state index contributed by atoms with van der Waals surface area (Å²) in [5.41, 5.74) is 9.22. The van der Waals surface area contributed by atoms with Crippen LogP contribution in [0.3, 0.4) is 0 Å². The van der Waals surface area contributed by atoms with Crippen LogP contribution in [0.5, 0.6) is 0 Å². The minimum absolute atomic E-state index is 0.579. The lowest BCUT2D eigenvalue weighted by atomic mass is 10.2. The third kappa shape index (κ3) is 3.48. The van der Waals surface area contributed by atoms with Gasteiger partial charge in [0.15, 0.2) is 6.04 Å². The Morgan fingerprint density at radius 1 is 1.50 bits per heavy atom. The molecule has 5 nitrogen and oxygen atoms in total. The summed E-state index contributed by atoms with van der Waals surface area (Å²) in [4.78, 5) is 13.8. The van der Waals surface area contributed by atoms with Crippen LogP contribution < -0.4 is 0 Å². The molecule has 1 aromatic carbocycles. The summed E-state index contributed by atoms with van der Waals surface area (Å²) in [5.74, 6) is -0.579. The zero-order valence-corrected chi connectivity index (χ0v) is 8.78. The molecule has 0 aromatic heterocycles. The van der Waals surface area contributed by atoms with E-state index in [2.05, 4.69) is 14.8 Å². The number of benzene rings is 1. The second kappa shape index (κ2) is 6.27. The lowest BCUT2D eigenvalue weighted by Gasteiger charge is -2.02. The predicted octanol–water partition coefficient (Wildman–Crippen LogP) is 2.55. The summed E-state index contributed by atoms with van der Waals surface area (Å²) in [6.07, 6.45) is 3.21. The van der Waals surface area contributed by atoms with E-state index in [1.54, 1.807) is 6.08 Å². The summed E-state index contributed by atoms with van der Waals surface area (Å²) in [7, 11) is 1.25. The van der Waals surface area contributed by atoms with Crippen molar-refractivity contribution in [3.8, 4) is 0 Å². The third-order valence-corrected chi connectivity index (χ3v) is 1.89. The number of carbonyl (C=O) groups is 1. The molecule has 1 rings (SSSR count). The highest BCUT2D eigenvalue weighted by Crippen LogP contribution is 2.05. The van der Waals surface area contributed by atoms with Gasteiger partial charge in [0.2, 0.25) is 0 Å². The lowest BCUT2D eigenvalue weighted by Crippen LogP contribution is -2.16. The van der Waals surface area contributed by atoms with Crippen LogP contribution in [0.1, 0.15) is 5.56 Å². The minimum atomic E-state index is -0.921. The summed E-state index contributed by atoms with van der Waals surface area (Å²) in [5, 5.41) is 3.33. The Morgan fingerprint density at radius 3 is 2.75 bits per heavy atom. The number of azide groups is 1. The van der Waals surface area contributed by atoms with Gasteiger partial charge in [-0.15, -0.1) is 0 Å². The lowest BCUT2D eigenvalue weighted by molar-refractivity contribution is -0.140. The van der Waals surface area contributed by atoms with E-state index in [0.29, 0.717) is 0 Å². The largest absolute Gasteiger partial charge is 0.468 e. The third-order valence-electron chi connectivity index (χ3n) is 1.89. The maximum Gasteiger partial charge on any atom is 0.318 e. The molecule has 1 aromatic rings. The molecule has 0 fully saturated rings. The number of carbonyl (C=O) groups excluding carboxylic acids is 1. The van der Waals surface area contributed by atoms with E-state index >= 15 is 0 Å². The Bertz CT molecular complexity index is 422. The maximum atomic E-state index is 11.2. The second-order valence-electron chi connectivity index (χ2n) is 2.94. The van der Waals surface area contributed by atoms with Crippen LogP contribution in [0.4, 0.5) is 0 Å². The van der Waals surface area contributed by atoms with E-state index in [-0.39, 0.29) is 0 Å². The Balaban J connectivity index is 2.80. The summed E-state index contributed by atoms with van der Waals surface area (Å²) < 4.78 is 4.50. The molecule has 1 atom stereocenters. The zero-order chi connectivity index (χ0) is 11.8. The predicted molar refractivity (Wildman–Crippen MR) is 60.4 cm³/mol. The van der Waals surface area contributed by atoms with Crippen LogP contribution in [0.15, 0.2) is 41.5 Å². The van der Waals surface area contributed by atoms with Crippen LogP contribution in [0.25, 0.3) is 16.5 Å². The van der Waals surface area contributed by atoms with Gasteiger partial charge in [0.25, 0.3) is 0 Å². The monoisotopic (exact) mass is 217 g/mol. The minimum Gasteiger partial charge on any atom is -0.468 e. The second-order valence-corrected chi connectivity index (χ2v) is 2.94. The quantitative estimate of drug-likeness (QED) is 0.336. The molecule has 82 valence electrons. The number of methoxy groups -OCH3 is 1. The molecule has 0 heterocycles. The summed E-state index contributed by atoms with van der Waals surface area (Å²) >= 11 is 0. The highest BCUT2D eigenvalue weighted by atomic mass is 16.5. The molecule has 16 heavy (non-hydrogen) atoms. The van der Waals surface area contributed by atoms with Gasteiger partial charge in [-0.05, 0) is 11.1 Å². The Morgan fingerprint density at radius 2 is 2.19 bits per heavy atom. The van der Waals surface area contributed by atoms with Crippen molar-refractivity contribution < 1.29 is 9.53 Å².